The number of hydrogen-bond donors (Lipinski definition) is 1. The summed E-state index contributed by atoms with van der Waals surface area (Å²) in [5.74, 6) is 7.51. The van der Waals surface area contributed by atoms with Gasteiger partial charge in [-0.3, -0.25) is 5.84 Å². The smallest absolute Gasteiger partial charge is 0.123 e. The number of halogens is 3. The number of ether oxygens (including phenoxy) is 1. The molecule has 0 saturated carbocycles. The first kappa shape index (κ1) is 32.8. The SMILES string of the molecule is COc1ccc(-c2nccs2)cc1CC1(c2ccccc2)CCCCN1N.Cl.Cl.Cl.O.O. The van der Waals surface area contributed by atoms with Crippen molar-refractivity contribution in [2.24, 2.45) is 5.84 Å². The molecule has 1 unspecified atom stereocenters. The molecule has 0 radical (unpaired) electrons. The van der Waals surface area contributed by atoms with Crippen LogP contribution in [0, 0.1) is 0 Å². The van der Waals surface area contributed by atoms with Gasteiger partial charge in [-0.25, -0.2) is 9.99 Å². The van der Waals surface area contributed by atoms with E-state index in [9.17, 15) is 0 Å². The van der Waals surface area contributed by atoms with Gasteiger partial charge in [-0.15, -0.1) is 48.6 Å². The third kappa shape index (κ3) is 6.56. The topological polar surface area (TPSA) is 114 Å². The zero-order valence-corrected chi connectivity index (χ0v) is 21.1. The number of thiazole rings is 1. The van der Waals surface area contributed by atoms with E-state index in [2.05, 4.69) is 53.5 Å². The number of piperidine rings is 1. The number of hydrogen-bond acceptors (Lipinski definition) is 5. The fourth-order valence-electron chi connectivity index (χ4n) is 4.14. The first-order valence-corrected chi connectivity index (χ1v) is 10.3. The van der Waals surface area contributed by atoms with E-state index in [4.69, 9.17) is 10.6 Å². The van der Waals surface area contributed by atoms with E-state index < -0.39 is 0 Å². The normalized spacial score (nSPS) is 17.3. The van der Waals surface area contributed by atoms with Crippen molar-refractivity contribution >= 4 is 48.6 Å². The number of hydrazine groups is 1. The minimum atomic E-state index is -0.214. The Kier molecular flexibility index (Phi) is 15.0. The van der Waals surface area contributed by atoms with E-state index in [-0.39, 0.29) is 53.7 Å². The number of nitrogens with two attached hydrogens (primary N) is 1. The Hall–Kier alpha value is -1.42. The molecule has 1 saturated heterocycles. The molecule has 2 heterocycles. The van der Waals surface area contributed by atoms with E-state index >= 15 is 0 Å². The monoisotopic (exact) mass is 523 g/mol. The molecule has 0 aliphatic carbocycles. The Morgan fingerprint density at radius 3 is 2.38 bits per heavy atom. The number of nitrogens with zero attached hydrogens (tertiary/aromatic N) is 2. The molecule has 10 heteroatoms. The van der Waals surface area contributed by atoms with Gasteiger partial charge in [0.2, 0.25) is 0 Å². The van der Waals surface area contributed by atoms with Gasteiger partial charge >= 0.3 is 0 Å². The van der Waals surface area contributed by atoms with Crippen molar-refractivity contribution in [3.05, 3.63) is 71.2 Å². The molecule has 3 aromatic rings. The summed E-state index contributed by atoms with van der Waals surface area (Å²) in [6.45, 7) is 0.906. The highest BCUT2D eigenvalue weighted by Gasteiger charge is 2.39. The molecule has 0 bridgehead atoms. The van der Waals surface area contributed by atoms with Crippen LogP contribution in [0.3, 0.4) is 0 Å². The third-order valence-electron chi connectivity index (χ3n) is 5.54. The second-order valence-electron chi connectivity index (χ2n) is 7.09. The minimum absolute atomic E-state index is 0. The summed E-state index contributed by atoms with van der Waals surface area (Å²) >= 11 is 1.65. The van der Waals surface area contributed by atoms with Gasteiger partial charge in [0, 0.05) is 23.7 Å². The van der Waals surface area contributed by atoms with Crippen molar-refractivity contribution in [3.63, 3.8) is 0 Å². The van der Waals surface area contributed by atoms with E-state index in [1.165, 1.54) is 17.5 Å². The van der Waals surface area contributed by atoms with Gasteiger partial charge in [0.15, 0.2) is 0 Å². The zero-order chi connectivity index (χ0) is 18.7. The van der Waals surface area contributed by atoms with Crippen LogP contribution in [0.5, 0.6) is 5.75 Å². The van der Waals surface area contributed by atoms with E-state index in [0.29, 0.717) is 0 Å². The number of aromatic nitrogens is 1. The van der Waals surface area contributed by atoms with E-state index in [1.807, 2.05) is 16.6 Å². The van der Waals surface area contributed by atoms with Crippen molar-refractivity contribution in [2.75, 3.05) is 13.7 Å². The van der Waals surface area contributed by atoms with Gasteiger partial charge < -0.3 is 15.7 Å². The zero-order valence-electron chi connectivity index (χ0n) is 17.8. The van der Waals surface area contributed by atoms with Crippen molar-refractivity contribution in [1.82, 2.24) is 9.99 Å². The van der Waals surface area contributed by atoms with Crippen LogP contribution in [0.15, 0.2) is 60.1 Å². The molecule has 180 valence electrons. The van der Waals surface area contributed by atoms with Crippen molar-refractivity contribution in [3.8, 4) is 16.3 Å². The Morgan fingerprint density at radius 1 is 1.06 bits per heavy atom. The fraction of sp³-hybridized carbons (Fsp3) is 0.318. The lowest BCUT2D eigenvalue weighted by molar-refractivity contribution is 0.0421. The standard InChI is InChI=1S/C22H25N3OS.3ClH.2H2O/c1-26-20-10-9-17(21-24-12-14-27-21)15-18(20)16-22(11-5-6-13-25(22)23)19-7-3-2-4-8-19;;;;;/h2-4,7-10,12,14-15H,5-6,11,13,16,23H2,1H3;3*1H;2*1H2. The molecule has 6 nitrogen and oxygen atoms in total. The third-order valence-corrected chi connectivity index (χ3v) is 6.37. The first-order chi connectivity index (χ1) is 13.2. The van der Waals surface area contributed by atoms with E-state index in [0.717, 1.165) is 42.1 Å². The Balaban J connectivity index is 0. The largest absolute Gasteiger partial charge is 0.496 e. The van der Waals surface area contributed by atoms with Crippen molar-refractivity contribution in [1.29, 1.82) is 0 Å². The van der Waals surface area contributed by atoms with Crippen molar-refractivity contribution < 1.29 is 15.7 Å². The highest BCUT2D eigenvalue weighted by atomic mass is 35.5. The average Bonchev–Trinajstić information content (AvgIpc) is 3.25. The van der Waals surface area contributed by atoms with Crippen LogP contribution in [-0.4, -0.2) is 34.6 Å². The number of benzene rings is 2. The van der Waals surface area contributed by atoms with Crippen LogP contribution >= 0.6 is 48.6 Å². The molecule has 1 atom stereocenters. The fourth-order valence-corrected chi connectivity index (χ4v) is 4.77. The number of methoxy groups -OCH3 is 1. The van der Waals surface area contributed by atoms with Crippen LogP contribution in [0.1, 0.15) is 30.4 Å². The van der Waals surface area contributed by atoms with Crippen LogP contribution in [-0.2, 0) is 12.0 Å². The second kappa shape index (κ2) is 14.7. The summed E-state index contributed by atoms with van der Waals surface area (Å²) in [5, 5.41) is 5.08. The molecule has 1 fully saturated rings. The summed E-state index contributed by atoms with van der Waals surface area (Å²) < 4.78 is 5.70. The van der Waals surface area contributed by atoms with Gasteiger partial charge in [-0.2, -0.15) is 0 Å². The molecule has 1 aromatic heterocycles. The lowest BCUT2D eigenvalue weighted by Gasteiger charge is -2.45. The molecule has 4 rings (SSSR count). The summed E-state index contributed by atoms with van der Waals surface area (Å²) in [7, 11) is 1.73. The summed E-state index contributed by atoms with van der Waals surface area (Å²) in [6, 6.07) is 17.0. The minimum Gasteiger partial charge on any atom is -0.496 e. The Bertz CT molecular complexity index is 904. The van der Waals surface area contributed by atoms with E-state index in [1.54, 1.807) is 18.4 Å². The lowest BCUT2D eigenvalue weighted by atomic mass is 9.76. The molecular weight excluding hydrogens is 493 g/mol. The summed E-state index contributed by atoms with van der Waals surface area (Å²) in [6.07, 6.45) is 6.02. The van der Waals surface area contributed by atoms with Crippen LogP contribution in [0.4, 0.5) is 0 Å². The van der Waals surface area contributed by atoms with Crippen LogP contribution < -0.4 is 10.6 Å². The van der Waals surface area contributed by atoms with Gasteiger partial charge in [0.05, 0.1) is 12.6 Å². The van der Waals surface area contributed by atoms with Crippen LogP contribution in [0.2, 0.25) is 0 Å². The van der Waals surface area contributed by atoms with Gasteiger partial charge in [-0.05, 0) is 55.0 Å². The highest BCUT2D eigenvalue weighted by molar-refractivity contribution is 7.13. The number of rotatable bonds is 5. The average molecular weight is 525 g/mol. The molecule has 2 aromatic carbocycles. The second-order valence-corrected chi connectivity index (χ2v) is 7.98. The predicted octanol–water partition coefficient (Wildman–Crippen LogP) is 4.23. The molecule has 1 aliphatic heterocycles. The van der Waals surface area contributed by atoms with Gasteiger partial charge in [-0.1, -0.05) is 30.3 Å². The maximum atomic E-state index is 6.60. The Morgan fingerprint density at radius 2 is 1.78 bits per heavy atom. The van der Waals surface area contributed by atoms with Gasteiger partial charge in [0.1, 0.15) is 10.8 Å². The molecule has 6 N–H and O–H groups in total. The summed E-state index contributed by atoms with van der Waals surface area (Å²) in [5.41, 5.74) is 3.36. The maximum Gasteiger partial charge on any atom is 0.123 e. The quantitative estimate of drug-likeness (QED) is 0.503. The summed E-state index contributed by atoms with van der Waals surface area (Å²) in [4.78, 5) is 4.46. The molecule has 1 aliphatic rings. The molecular formula is C22H32Cl3N3O3S. The van der Waals surface area contributed by atoms with Gasteiger partial charge in [0.25, 0.3) is 0 Å². The molecule has 0 amide bonds. The maximum absolute atomic E-state index is 6.60. The lowest BCUT2D eigenvalue weighted by Crippen LogP contribution is -2.54. The predicted molar refractivity (Wildman–Crippen MR) is 140 cm³/mol. The first-order valence-electron chi connectivity index (χ1n) is 9.37. The Labute approximate surface area is 212 Å². The highest BCUT2D eigenvalue weighted by Crippen LogP contribution is 2.41. The molecule has 32 heavy (non-hydrogen) atoms. The molecule has 0 spiro atoms. The van der Waals surface area contributed by atoms with Crippen LogP contribution in [0.25, 0.3) is 10.6 Å². The van der Waals surface area contributed by atoms with Crippen molar-refractivity contribution in [2.45, 2.75) is 31.2 Å².